The molecule has 1 aromatic carbocycles. The molecule has 4 rings (SSSR count). The van der Waals surface area contributed by atoms with Gasteiger partial charge in [0.1, 0.15) is 11.8 Å². The second-order valence-electron chi connectivity index (χ2n) is 6.06. The number of ether oxygens (including phenoxy) is 1. The maximum absolute atomic E-state index is 8.90. The van der Waals surface area contributed by atoms with Crippen LogP contribution in [0.25, 0.3) is 22.0 Å². The second kappa shape index (κ2) is 6.26. The molecule has 0 bridgehead atoms. The van der Waals surface area contributed by atoms with Crippen LogP contribution < -0.4 is 10.5 Å². The molecule has 1 aliphatic heterocycles. The summed E-state index contributed by atoms with van der Waals surface area (Å²) in [6, 6.07) is 3.71. The number of nitriles is 1. The summed E-state index contributed by atoms with van der Waals surface area (Å²) in [4.78, 5) is 0. The van der Waals surface area contributed by atoms with Gasteiger partial charge in [0.15, 0.2) is 6.61 Å². The third-order valence-corrected chi connectivity index (χ3v) is 5.32. The monoisotopic (exact) mass is 375 g/mol. The van der Waals surface area contributed by atoms with E-state index >= 15 is 0 Å². The lowest BCUT2D eigenvalue weighted by molar-refractivity contribution is 0.372. The predicted molar refractivity (Wildman–Crippen MR) is 96.9 cm³/mol. The molecule has 0 radical (unpaired) electrons. The number of hydrogen-bond acceptors (Lipinski definition) is 4. The molecule has 128 valence electrons. The van der Waals surface area contributed by atoms with Gasteiger partial charge in [-0.3, -0.25) is 5.10 Å². The van der Waals surface area contributed by atoms with Crippen molar-refractivity contribution in [2.75, 3.05) is 6.61 Å². The van der Waals surface area contributed by atoms with Gasteiger partial charge in [-0.15, -0.1) is 0 Å². The SMILES string of the molecule is N#CCOc1cc(Cl)c(Cl)c2c1c(-c1cn[nH]c1)c1n2CC(N)CC1. The van der Waals surface area contributed by atoms with Gasteiger partial charge in [-0.2, -0.15) is 10.4 Å². The molecule has 0 saturated heterocycles. The summed E-state index contributed by atoms with van der Waals surface area (Å²) in [5.74, 6) is 0.539. The van der Waals surface area contributed by atoms with Crippen molar-refractivity contribution in [3.05, 3.63) is 34.2 Å². The van der Waals surface area contributed by atoms with Gasteiger partial charge in [-0.25, -0.2) is 0 Å². The molecule has 1 aliphatic rings. The van der Waals surface area contributed by atoms with Crippen LogP contribution >= 0.6 is 23.2 Å². The van der Waals surface area contributed by atoms with E-state index in [1.807, 2.05) is 12.3 Å². The third kappa shape index (κ3) is 2.56. The zero-order valence-corrected chi connectivity index (χ0v) is 14.7. The van der Waals surface area contributed by atoms with Crippen molar-refractivity contribution in [1.82, 2.24) is 14.8 Å². The van der Waals surface area contributed by atoms with Gasteiger partial charge in [0, 0.05) is 41.7 Å². The van der Waals surface area contributed by atoms with Crippen molar-refractivity contribution in [3.63, 3.8) is 0 Å². The Hall–Kier alpha value is -2.20. The third-order valence-electron chi connectivity index (χ3n) is 4.54. The van der Waals surface area contributed by atoms with E-state index in [4.69, 9.17) is 38.9 Å². The summed E-state index contributed by atoms with van der Waals surface area (Å²) >= 11 is 12.9. The summed E-state index contributed by atoms with van der Waals surface area (Å²) in [6.45, 7) is 0.583. The lowest BCUT2D eigenvalue weighted by Crippen LogP contribution is -2.31. The number of benzene rings is 1. The van der Waals surface area contributed by atoms with Crippen LogP contribution in [-0.2, 0) is 13.0 Å². The Balaban J connectivity index is 2.11. The number of halogens is 2. The highest BCUT2D eigenvalue weighted by Crippen LogP contribution is 2.47. The minimum Gasteiger partial charge on any atom is -0.478 e. The highest BCUT2D eigenvalue weighted by atomic mass is 35.5. The number of H-pyrrole nitrogens is 1. The molecule has 3 N–H and O–H groups in total. The molecule has 1 unspecified atom stereocenters. The van der Waals surface area contributed by atoms with Crippen molar-refractivity contribution in [2.45, 2.75) is 25.4 Å². The lowest BCUT2D eigenvalue weighted by Gasteiger charge is -2.23. The maximum atomic E-state index is 8.90. The first-order valence-electron chi connectivity index (χ1n) is 7.89. The zero-order valence-electron chi connectivity index (χ0n) is 13.2. The number of hydrogen-bond donors (Lipinski definition) is 2. The number of nitrogens with one attached hydrogen (secondary N) is 1. The molecule has 2 aromatic heterocycles. The first-order valence-corrected chi connectivity index (χ1v) is 8.65. The molecule has 25 heavy (non-hydrogen) atoms. The molecular weight excluding hydrogens is 361 g/mol. The average molecular weight is 376 g/mol. The van der Waals surface area contributed by atoms with Crippen LogP contribution in [0.3, 0.4) is 0 Å². The Morgan fingerprint density at radius 1 is 1.48 bits per heavy atom. The number of nitrogens with zero attached hydrogens (tertiary/aromatic N) is 3. The summed E-state index contributed by atoms with van der Waals surface area (Å²) in [5, 5.41) is 17.5. The second-order valence-corrected chi connectivity index (χ2v) is 6.84. The summed E-state index contributed by atoms with van der Waals surface area (Å²) in [6.07, 6.45) is 5.31. The van der Waals surface area contributed by atoms with Crippen molar-refractivity contribution in [2.24, 2.45) is 5.73 Å². The van der Waals surface area contributed by atoms with E-state index in [-0.39, 0.29) is 12.6 Å². The molecular formula is C17H15Cl2N5O. The van der Waals surface area contributed by atoms with E-state index in [1.54, 1.807) is 12.3 Å². The van der Waals surface area contributed by atoms with Crippen LogP contribution in [0, 0.1) is 11.3 Å². The summed E-state index contributed by atoms with van der Waals surface area (Å²) in [5.41, 5.74) is 10.1. The van der Waals surface area contributed by atoms with Gasteiger partial charge < -0.3 is 15.0 Å². The largest absolute Gasteiger partial charge is 0.478 e. The lowest BCUT2D eigenvalue weighted by atomic mass is 9.99. The van der Waals surface area contributed by atoms with Crippen molar-refractivity contribution in [3.8, 4) is 22.9 Å². The van der Waals surface area contributed by atoms with Crippen molar-refractivity contribution < 1.29 is 4.74 Å². The smallest absolute Gasteiger partial charge is 0.174 e. The molecule has 0 amide bonds. The van der Waals surface area contributed by atoms with Crippen LogP contribution in [0.5, 0.6) is 5.75 Å². The Kier molecular flexibility index (Phi) is 4.08. The van der Waals surface area contributed by atoms with Gasteiger partial charge in [0.25, 0.3) is 0 Å². The topological polar surface area (TPSA) is 92.6 Å². The van der Waals surface area contributed by atoms with Crippen molar-refractivity contribution in [1.29, 1.82) is 5.26 Å². The Morgan fingerprint density at radius 3 is 3.04 bits per heavy atom. The fourth-order valence-corrected chi connectivity index (χ4v) is 3.97. The molecule has 0 saturated carbocycles. The average Bonchev–Trinajstić information content (AvgIpc) is 3.22. The number of aromatic amines is 1. The molecule has 3 heterocycles. The Bertz CT molecular complexity index is 987. The van der Waals surface area contributed by atoms with Crippen LogP contribution in [-0.4, -0.2) is 27.4 Å². The zero-order chi connectivity index (χ0) is 17.6. The molecule has 0 aliphatic carbocycles. The van der Waals surface area contributed by atoms with Crippen molar-refractivity contribution >= 4 is 34.1 Å². The Labute approximate surface area is 154 Å². The van der Waals surface area contributed by atoms with E-state index in [2.05, 4.69) is 14.8 Å². The van der Waals surface area contributed by atoms with Crippen LogP contribution in [0.15, 0.2) is 18.5 Å². The van der Waals surface area contributed by atoms with Gasteiger partial charge >= 0.3 is 0 Å². The quantitative estimate of drug-likeness (QED) is 0.732. The van der Waals surface area contributed by atoms with Gasteiger partial charge in [-0.1, -0.05) is 23.2 Å². The fraction of sp³-hybridized carbons (Fsp3) is 0.294. The van der Waals surface area contributed by atoms with Gasteiger partial charge in [-0.05, 0) is 12.8 Å². The summed E-state index contributed by atoms with van der Waals surface area (Å²) in [7, 11) is 0. The van der Waals surface area contributed by atoms with E-state index < -0.39 is 0 Å². The minimum atomic E-state index is -0.0715. The number of rotatable bonds is 3. The standard InChI is InChI=1S/C17H15Cl2N5O/c18-11-5-13(25-4-3-20)15-14(9-6-22-23-7-9)12-2-1-10(21)8-24(12)17(15)16(11)19/h5-7,10H,1-2,4,8,21H2,(H,22,23). The first kappa shape index (κ1) is 16.3. The fourth-order valence-electron chi connectivity index (χ4n) is 3.53. The maximum Gasteiger partial charge on any atom is 0.174 e. The molecule has 0 fully saturated rings. The van der Waals surface area contributed by atoms with Gasteiger partial charge in [0.05, 0.1) is 27.1 Å². The number of aromatic nitrogens is 3. The predicted octanol–water partition coefficient (Wildman–Crippen LogP) is 3.51. The van der Waals surface area contributed by atoms with E-state index in [1.165, 1.54) is 0 Å². The Morgan fingerprint density at radius 2 is 2.32 bits per heavy atom. The normalized spacial score (nSPS) is 16.6. The van der Waals surface area contributed by atoms with Gasteiger partial charge in [0.2, 0.25) is 0 Å². The number of fused-ring (bicyclic) bond motifs is 3. The molecule has 3 aromatic rings. The van der Waals surface area contributed by atoms with E-state index in [0.717, 1.165) is 40.6 Å². The summed E-state index contributed by atoms with van der Waals surface area (Å²) < 4.78 is 7.79. The van der Waals surface area contributed by atoms with E-state index in [9.17, 15) is 0 Å². The molecule has 0 spiro atoms. The highest BCUT2D eigenvalue weighted by molar-refractivity contribution is 6.45. The molecule has 8 heteroatoms. The molecule has 6 nitrogen and oxygen atoms in total. The molecule has 1 atom stereocenters. The first-order chi connectivity index (χ1) is 12.1. The van der Waals surface area contributed by atoms with Crippen LogP contribution in [0.1, 0.15) is 12.1 Å². The van der Waals surface area contributed by atoms with E-state index in [0.29, 0.717) is 22.3 Å². The number of nitrogens with two attached hydrogens (primary N) is 1. The van der Waals surface area contributed by atoms with Crippen LogP contribution in [0.4, 0.5) is 0 Å². The highest BCUT2D eigenvalue weighted by Gasteiger charge is 2.29. The van der Waals surface area contributed by atoms with Crippen LogP contribution in [0.2, 0.25) is 10.0 Å². The minimum absolute atomic E-state index is 0.0545.